The number of phenols is 1. The number of methoxy groups -OCH3 is 2. The Kier molecular flexibility index (Phi) is 7.42. The van der Waals surface area contributed by atoms with Crippen molar-refractivity contribution in [2.45, 2.75) is 25.4 Å². The van der Waals surface area contributed by atoms with Crippen molar-refractivity contribution in [1.29, 1.82) is 0 Å². The highest BCUT2D eigenvalue weighted by Crippen LogP contribution is 2.37. The van der Waals surface area contributed by atoms with Crippen molar-refractivity contribution in [2.24, 2.45) is 0 Å². The van der Waals surface area contributed by atoms with Gasteiger partial charge in [0.2, 0.25) is 5.79 Å². The summed E-state index contributed by atoms with van der Waals surface area (Å²) in [6.07, 6.45) is 0. The van der Waals surface area contributed by atoms with Crippen LogP contribution in [0.25, 0.3) is 0 Å². The topological polar surface area (TPSA) is 61.8 Å². The van der Waals surface area contributed by atoms with E-state index in [0.29, 0.717) is 4.90 Å². The summed E-state index contributed by atoms with van der Waals surface area (Å²) >= 11 is 0.349. The molecule has 0 fully saturated rings. The minimum absolute atomic E-state index is 0.248. The zero-order chi connectivity index (χ0) is 23.3. The lowest BCUT2D eigenvalue weighted by Gasteiger charge is -2.32. The molecule has 0 spiro atoms. The van der Waals surface area contributed by atoms with Gasteiger partial charge < -0.3 is 19.1 Å². The fourth-order valence-corrected chi connectivity index (χ4v) is 5.47. The summed E-state index contributed by atoms with van der Waals surface area (Å²) < 4.78 is 24.6. The molecule has 4 aromatic rings. The molecule has 0 aliphatic carbocycles. The first-order valence-corrected chi connectivity index (χ1v) is 12.3. The van der Waals surface area contributed by atoms with E-state index in [-0.39, 0.29) is 5.75 Å². The van der Waals surface area contributed by atoms with Crippen molar-refractivity contribution in [2.75, 3.05) is 14.2 Å². The van der Waals surface area contributed by atoms with E-state index < -0.39 is 17.0 Å². The van der Waals surface area contributed by atoms with Gasteiger partial charge in [-0.05, 0) is 72.8 Å². The Balaban J connectivity index is 1.58. The third-order valence-corrected chi connectivity index (χ3v) is 7.70. The molecular weight excluding hydrogens is 452 g/mol. The second kappa shape index (κ2) is 10.5. The summed E-state index contributed by atoms with van der Waals surface area (Å²) in [6, 6.07) is 31.9. The number of hydrogen-bond acceptors (Lipinski definition) is 5. The standard InChI is InChI=1S/C27H24O4S2/c1-30-27(31-2,20-8-14-23(15-9-20)32-24-16-12-22(28)13-17-24)21-10-18-26(19-11-21)33(29)25-6-4-3-5-7-25/h3-19,28H,1-2H3. The first kappa shape index (κ1) is 23.4. The van der Waals surface area contributed by atoms with Gasteiger partial charge in [-0.2, -0.15) is 0 Å². The molecule has 0 saturated heterocycles. The number of benzene rings is 4. The number of rotatable bonds is 8. The van der Waals surface area contributed by atoms with Crippen LogP contribution in [0.2, 0.25) is 0 Å². The van der Waals surface area contributed by atoms with E-state index in [4.69, 9.17) is 9.47 Å². The molecule has 4 rings (SSSR count). The third-order valence-electron chi connectivity index (χ3n) is 5.29. The van der Waals surface area contributed by atoms with Crippen LogP contribution in [0.4, 0.5) is 0 Å². The number of aromatic hydroxyl groups is 1. The van der Waals surface area contributed by atoms with E-state index in [1.807, 2.05) is 91.0 Å². The maximum absolute atomic E-state index is 12.9. The van der Waals surface area contributed by atoms with Crippen molar-refractivity contribution in [3.8, 4) is 5.75 Å². The van der Waals surface area contributed by atoms with Crippen LogP contribution in [0.5, 0.6) is 5.75 Å². The maximum atomic E-state index is 12.9. The van der Waals surface area contributed by atoms with Gasteiger partial charge in [0.25, 0.3) is 0 Å². The molecule has 0 heterocycles. The molecule has 33 heavy (non-hydrogen) atoms. The van der Waals surface area contributed by atoms with Gasteiger partial charge in [-0.25, -0.2) is 0 Å². The van der Waals surface area contributed by atoms with Crippen molar-refractivity contribution in [1.82, 2.24) is 0 Å². The number of hydrogen-bond donors (Lipinski definition) is 1. The first-order chi connectivity index (χ1) is 16.1. The van der Waals surface area contributed by atoms with Crippen LogP contribution in [-0.4, -0.2) is 23.9 Å². The Bertz CT molecular complexity index is 1160. The third kappa shape index (κ3) is 5.11. The predicted octanol–water partition coefficient (Wildman–Crippen LogP) is 6.20. The van der Waals surface area contributed by atoms with Crippen molar-refractivity contribution in [3.05, 3.63) is 114 Å². The molecule has 4 nitrogen and oxygen atoms in total. The Labute approximate surface area is 201 Å². The van der Waals surface area contributed by atoms with E-state index in [9.17, 15) is 9.66 Å². The van der Waals surface area contributed by atoms with Crippen molar-refractivity contribution >= 4 is 22.9 Å². The van der Waals surface area contributed by atoms with E-state index in [0.717, 1.165) is 25.8 Å². The maximum Gasteiger partial charge on any atom is 0.221 e. The second-order valence-electron chi connectivity index (χ2n) is 7.25. The minimum Gasteiger partial charge on any atom is -0.606 e. The number of ether oxygens (including phenoxy) is 2. The smallest absolute Gasteiger partial charge is 0.221 e. The highest BCUT2D eigenvalue weighted by Gasteiger charge is 2.35. The molecule has 6 heteroatoms. The van der Waals surface area contributed by atoms with Crippen LogP contribution in [0.15, 0.2) is 123 Å². The van der Waals surface area contributed by atoms with Crippen LogP contribution in [-0.2, 0) is 26.4 Å². The van der Waals surface area contributed by atoms with Gasteiger partial charge in [0.15, 0.2) is 9.79 Å². The molecule has 1 N–H and O–H groups in total. The molecule has 0 aromatic heterocycles. The molecule has 0 saturated carbocycles. The molecule has 0 bridgehead atoms. The van der Waals surface area contributed by atoms with E-state index in [1.54, 1.807) is 38.1 Å². The number of phenolic OH excluding ortho intramolecular Hbond substituents is 1. The van der Waals surface area contributed by atoms with E-state index in [2.05, 4.69) is 0 Å². The van der Waals surface area contributed by atoms with E-state index in [1.165, 1.54) is 0 Å². The van der Waals surface area contributed by atoms with Gasteiger partial charge in [-0.1, -0.05) is 42.1 Å². The molecular formula is C27H24O4S2. The van der Waals surface area contributed by atoms with Crippen LogP contribution < -0.4 is 0 Å². The molecule has 168 valence electrons. The van der Waals surface area contributed by atoms with Crippen molar-refractivity contribution < 1.29 is 19.1 Å². The van der Waals surface area contributed by atoms with Crippen LogP contribution in [0.1, 0.15) is 11.1 Å². The largest absolute Gasteiger partial charge is 0.606 e. The van der Waals surface area contributed by atoms with Crippen molar-refractivity contribution in [3.63, 3.8) is 0 Å². The SMILES string of the molecule is COC(OC)(c1ccc(Sc2ccc(O)cc2)cc1)c1ccc([S+]([O-])c2ccccc2)cc1. The summed E-state index contributed by atoms with van der Waals surface area (Å²) in [5.41, 5.74) is 1.65. The Morgan fingerprint density at radius 1 is 0.667 bits per heavy atom. The summed E-state index contributed by atoms with van der Waals surface area (Å²) in [6.45, 7) is 0. The first-order valence-electron chi connectivity index (χ1n) is 10.3. The van der Waals surface area contributed by atoms with Crippen LogP contribution in [0.3, 0.4) is 0 Å². The monoisotopic (exact) mass is 476 g/mol. The van der Waals surface area contributed by atoms with Gasteiger partial charge in [0, 0.05) is 46.3 Å². The Hall–Kier alpha value is -2.74. The fraction of sp³-hybridized carbons (Fsp3) is 0.111. The molecule has 1 unspecified atom stereocenters. The Morgan fingerprint density at radius 2 is 1.12 bits per heavy atom. The van der Waals surface area contributed by atoms with Gasteiger partial charge in [-0.15, -0.1) is 0 Å². The van der Waals surface area contributed by atoms with Crippen LogP contribution in [0, 0.1) is 0 Å². The molecule has 4 aromatic carbocycles. The summed E-state index contributed by atoms with van der Waals surface area (Å²) in [7, 11) is 3.22. The Morgan fingerprint density at radius 3 is 1.64 bits per heavy atom. The molecule has 0 aliphatic heterocycles. The fourth-order valence-electron chi connectivity index (χ4n) is 3.59. The quantitative estimate of drug-likeness (QED) is 0.242. The lowest BCUT2D eigenvalue weighted by atomic mass is 9.97. The normalized spacial score (nSPS) is 12.5. The van der Waals surface area contributed by atoms with Crippen LogP contribution >= 0.6 is 11.8 Å². The lowest BCUT2D eigenvalue weighted by molar-refractivity contribution is -0.183. The van der Waals surface area contributed by atoms with E-state index >= 15 is 0 Å². The van der Waals surface area contributed by atoms with Gasteiger partial charge in [0.1, 0.15) is 5.75 Å². The summed E-state index contributed by atoms with van der Waals surface area (Å²) in [5.74, 6) is -0.840. The average molecular weight is 477 g/mol. The highest BCUT2D eigenvalue weighted by molar-refractivity contribution is 7.99. The second-order valence-corrected chi connectivity index (χ2v) is 9.88. The highest BCUT2D eigenvalue weighted by atomic mass is 32.2. The van der Waals surface area contributed by atoms with Gasteiger partial charge >= 0.3 is 0 Å². The average Bonchev–Trinajstić information content (AvgIpc) is 2.88. The minimum atomic E-state index is -1.25. The molecule has 0 amide bonds. The zero-order valence-corrected chi connectivity index (χ0v) is 19.9. The predicted molar refractivity (Wildman–Crippen MR) is 131 cm³/mol. The van der Waals surface area contributed by atoms with Gasteiger partial charge in [-0.3, -0.25) is 0 Å². The molecule has 1 atom stereocenters. The summed E-state index contributed by atoms with van der Waals surface area (Å²) in [5, 5.41) is 9.46. The lowest BCUT2D eigenvalue weighted by Crippen LogP contribution is -2.32. The molecule has 0 radical (unpaired) electrons. The molecule has 0 aliphatic rings. The summed E-state index contributed by atoms with van der Waals surface area (Å²) in [4.78, 5) is 3.56. The zero-order valence-electron chi connectivity index (χ0n) is 18.3. The van der Waals surface area contributed by atoms with Gasteiger partial charge in [0.05, 0.1) is 0 Å².